The maximum atomic E-state index is 12.9. The van der Waals surface area contributed by atoms with E-state index in [1.807, 2.05) is 23.1 Å². The van der Waals surface area contributed by atoms with E-state index in [0.29, 0.717) is 51.1 Å². The highest BCUT2D eigenvalue weighted by Crippen LogP contribution is 2.30. The molecule has 0 saturated carbocycles. The fourth-order valence-electron chi connectivity index (χ4n) is 3.45. The van der Waals surface area contributed by atoms with Crippen molar-refractivity contribution < 1.29 is 4.79 Å². The molecule has 0 aliphatic carbocycles. The third-order valence-electron chi connectivity index (χ3n) is 5.12. The zero-order chi connectivity index (χ0) is 21.3. The van der Waals surface area contributed by atoms with Crippen molar-refractivity contribution in [2.24, 2.45) is 0 Å². The molecule has 156 valence electrons. The van der Waals surface area contributed by atoms with Gasteiger partial charge in [-0.1, -0.05) is 52.5 Å². The van der Waals surface area contributed by atoms with Gasteiger partial charge in [-0.2, -0.15) is 5.10 Å². The molecule has 0 spiro atoms. The van der Waals surface area contributed by atoms with Crippen LogP contribution in [-0.4, -0.2) is 52.1 Å². The van der Waals surface area contributed by atoms with E-state index in [-0.39, 0.29) is 5.91 Å². The van der Waals surface area contributed by atoms with Gasteiger partial charge >= 0.3 is 0 Å². The molecule has 30 heavy (non-hydrogen) atoms. The first-order valence-electron chi connectivity index (χ1n) is 9.37. The van der Waals surface area contributed by atoms with Gasteiger partial charge in [0.25, 0.3) is 5.91 Å². The molecule has 1 amide bonds. The second kappa shape index (κ2) is 9.16. The Bertz CT molecular complexity index is 1060. The molecule has 1 saturated heterocycles. The van der Waals surface area contributed by atoms with Crippen molar-refractivity contribution in [2.75, 3.05) is 26.2 Å². The number of halogens is 4. The summed E-state index contributed by atoms with van der Waals surface area (Å²) in [4.78, 5) is 16.9. The van der Waals surface area contributed by atoms with Crippen LogP contribution in [0, 0.1) is 0 Å². The highest BCUT2D eigenvalue weighted by Gasteiger charge is 2.24. The lowest BCUT2D eigenvalue weighted by molar-refractivity contribution is 0.0622. The Labute approximate surface area is 194 Å². The van der Waals surface area contributed by atoms with Gasteiger partial charge in [0.1, 0.15) is 5.69 Å². The van der Waals surface area contributed by atoms with Crippen molar-refractivity contribution in [3.8, 4) is 11.3 Å². The zero-order valence-corrected chi connectivity index (χ0v) is 18.9. The zero-order valence-electron chi connectivity index (χ0n) is 15.8. The number of H-pyrrole nitrogens is 1. The van der Waals surface area contributed by atoms with Crippen LogP contribution >= 0.6 is 46.4 Å². The van der Waals surface area contributed by atoms with E-state index in [4.69, 9.17) is 46.4 Å². The second-order valence-electron chi connectivity index (χ2n) is 7.06. The molecule has 4 rings (SSSR count). The van der Waals surface area contributed by atoms with Crippen LogP contribution in [0.25, 0.3) is 11.3 Å². The van der Waals surface area contributed by atoms with E-state index in [9.17, 15) is 4.79 Å². The Morgan fingerprint density at radius 2 is 1.63 bits per heavy atom. The van der Waals surface area contributed by atoms with Gasteiger partial charge in [-0.05, 0) is 36.4 Å². The van der Waals surface area contributed by atoms with E-state index < -0.39 is 0 Å². The van der Waals surface area contributed by atoms with E-state index in [2.05, 4.69) is 15.1 Å². The molecule has 1 aromatic heterocycles. The van der Waals surface area contributed by atoms with E-state index in [1.54, 1.807) is 24.3 Å². The molecule has 1 aliphatic rings. The first kappa shape index (κ1) is 21.5. The molecule has 2 heterocycles. The summed E-state index contributed by atoms with van der Waals surface area (Å²) in [6.07, 6.45) is 0. The van der Waals surface area contributed by atoms with Crippen LogP contribution in [0.15, 0.2) is 42.5 Å². The maximum absolute atomic E-state index is 12.9. The third-order valence-corrected chi connectivity index (χ3v) is 6.37. The summed E-state index contributed by atoms with van der Waals surface area (Å²) < 4.78 is 0. The van der Waals surface area contributed by atoms with Crippen LogP contribution in [0.3, 0.4) is 0 Å². The molecular formula is C21H18Cl4N4O. The number of benzene rings is 2. The first-order valence-corrected chi connectivity index (χ1v) is 10.9. The summed E-state index contributed by atoms with van der Waals surface area (Å²) in [5.41, 5.74) is 2.67. The molecule has 0 radical (unpaired) electrons. The number of carbonyl (C=O) groups excluding carboxylic acids is 1. The minimum Gasteiger partial charge on any atom is -0.335 e. The van der Waals surface area contributed by atoms with Crippen LogP contribution in [-0.2, 0) is 6.54 Å². The topological polar surface area (TPSA) is 52.2 Å². The molecule has 3 aromatic rings. The van der Waals surface area contributed by atoms with E-state index >= 15 is 0 Å². The van der Waals surface area contributed by atoms with Gasteiger partial charge in [-0.3, -0.25) is 14.8 Å². The van der Waals surface area contributed by atoms with E-state index in [0.717, 1.165) is 24.2 Å². The number of aromatic nitrogens is 2. The summed E-state index contributed by atoms with van der Waals surface area (Å²) in [5, 5.41) is 9.42. The predicted octanol–water partition coefficient (Wildman–Crippen LogP) is 5.65. The van der Waals surface area contributed by atoms with Crippen molar-refractivity contribution in [1.82, 2.24) is 20.0 Å². The minimum absolute atomic E-state index is 0.0886. The van der Waals surface area contributed by atoms with Crippen molar-refractivity contribution in [3.63, 3.8) is 0 Å². The largest absolute Gasteiger partial charge is 0.335 e. The second-order valence-corrected chi connectivity index (χ2v) is 8.72. The molecular weight excluding hydrogens is 466 g/mol. The van der Waals surface area contributed by atoms with Gasteiger partial charge < -0.3 is 4.90 Å². The number of nitrogens with zero attached hydrogens (tertiary/aromatic N) is 3. The number of amides is 1. The fraction of sp³-hybridized carbons (Fsp3) is 0.238. The Morgan fingerprint density at radius 3 is 2.30 bits per heavy atom. The summed E-state index contributed by atoms with van der Waals surface area (Å²) in [7, 11) is 0. The number of piperazine rings is 1. The maximum Gasteiger partial charge on any atom is 0.271 e. The normalized spacial score (nSPS) is 14.9. The van der Waals surface area contributed by atoms with Crippen molar-refractivity contribution in [2.45, 2.75) is 6.54 Å². The first-order chi connectivity index (χ1) is 14.4. The monoisotopic (exact) mass is 482 g/mol. The van der Waals surface area contributed by atoms with Gasteiger partial charge in [0, 0.05) is 58.9 Å². The minimum atomic E-state index is -0.0886. The summed E-state index contributed by atoms with van der Waals surface area (Å²) >= 11 is 24.8. The van der Waals surface area contributed by atoms with Crippen LogP contribution in [0.1, 0.15) is 16.1 Å². The quantitative estimate of drug-likeness (QED) is 0.521. The number of hydrogen-bond donors (Lipinski definition) is 1. The molecule has 0 bridgehead atoms. The molecule has 1 fully saturated rings. The standard InChI is InChI=1S/C21H18Cl4N4O/c22-13-4-5-14(18(25)10-13)19-11-20(27-26-19)21(30)29-8-6-28(7-9-29)12-15-16(23)2-1-3-17(15)24/h1-5,10-11H,6-9,12H2,(H,26,27). The van der Waals surface area contributed by atoms with Crippen LogP contribution in [0.4, 0.5) is 0 Å². The smallest absolute Gasteiger partial charge is 0.271 e. The third kappa shape index (κ3) is 4.61. The molecule has 2 aromatic carbocycles. The summed E-state index contributed by atoms with van der Waals surface area (Å²) in [6.45, 7) is 3.34. The molecule has 0 atom stereocenters. The molecule has 0 unspecified atom stereocenters. The SMILES string of the molecule is O=C(c1cc(-c2ccc(Cl)cc2Cl)n[nH]1)N1CCN(Cc2c(Cl)cccc2Cl)CC1. The number of hydrogen-bond acceptors (Lipinski definition) is 3. The van der Waals surface area contributed by atoms with Gasteiger partial charge in [0.05, 0.1) is 10.7 Å². The number of nitrogens with one attached hydrogen (secondary N) is 1. The molecule has 1 N–H and O–H groups in total. The number of carbonyl (C=O) groups is 1. The van der Waals surface area contributed by atoms with Crippen LogP contribution in [0.5, 0.6) is 0 Å². The number of aromatic amines is 1. The van der Waals surface area contributed by atoms with Crippen LogP contribution < -0.4 is 0 Å². The number of rotatable bonds is 4. The Balaban J connectivity index is 1.40. The Kier molecular flexibility index (Phi) is 6.56. The van der Waals surface area contributed by atoms with Crippen molar-refractivity contribution in [1.29, 1.82) is 0 Å². The van der Waals surface area contributed by atoms with E-state index in [1.165, 1.54) is 0 Å². The average Bonchev–Trinajstić information content (AvgIpc) is 3.21. The predicted molar refractivity (Wildman–Crippen MR) is 122 cm³/mol. The highest BCUT2D eigenvalue weighted by atomic mass is 35.5. The van der Waals surface area contributed by atoms with Gasteiger partial charge in [0.2, 0.25) is 0 Å². The Morgan fingerprint density at radius 1 is 0.933 bits per heavy atom. The highest BCUT2D eigenvalue weighted by molar-refractivity contribution is 6.36. The molecule has 5 nitrogen and oxygen atoms in total. The molecule has 9 heteroatoms. The van der Waals surface area contributed by atoms with Gasteiger partial charge in [-0.15, -0.1) is 0 Å². The lowest BCUT2D eigenvalue weighted by Crippen LogP contribution is -2.48. The average molecular weight is 484 g/mol. The van der Waals surface area contributed by atoms with Crippen molar-refractivity contribution >= 4 is 52.3 Å². The van der Waals surface area contributed by atoms with Crippen LogP contribution in [0.2, 0.25) is 20.1 Å². The molecule has 1 aliphatic heterocycles. The fourth-order valence-corrected chi connectivity index (χ4v) is 4.48. The van der Waals surface area contributed by atoms with Crippen molar-refractivity contribution in [3.05, 3.63) is 73.8 Å². The summed E-state index contributed by atoms with van der Waals surface area (Å²) in [6, 6.07) is 12.4. The summed E-state index contributed by atoms with van der Waals surface area (Å²) in [5.74, 6) is -0.0886. The van der Waals surface area contributed by atoms with Gasteiger partial charge in [0.15, 0.2) is 0 Å². The Hall–Kier alpha value is -1.76. The van der Waals surface area contributed by atoms with Gasteiger partial charge in [-0.25, -0.2) is 0 Å². The lowest BCUT2D eigenvalue weighted by atomic mass is 10.1. The lowest BCUT2D eigenvalue weighted by Gasteiger charge is -2.34.